The molecule has 0 N–H and O–H groups in total. The summed E-state index contributed by atoms with van der Waals surface area (Å²) in [7, 11) is 0. The number of alkyl halides is 2. The van der Waals surface area contributed by atoms with Crippen LogP contribution in [0.4, 0.5) is 0 Å². The van der Waals surface area contributed by atoms with Gasteiger partial charge in [0, 0.05) is 0 Å². The zero-order valence-electron chi connectivity index (χ0n) is 5.19. The maximum absolute atomic E-state index is 5.24. The molecule has 0 aliphatic carbocycles. The Balaban J connectivity index is 2.06. The fourth-order valence-electron chi connectivity index (χ4n) is 0.846. The van der Waals surface area contributed by atoms with Crippen LogP contribution in [0.1, 0.15) is 13.3 Å². The van der Waals surface area contributed by atoms with E-state index in [1.165, 1.54) is 10.8 Å². The Morgan fingerprint density at radius 1 is 1.75 bits per heavy atom. The summed E-state index contributed by atoms with van der Waals surface area (Å²) >= 11 is 0.499. The number of halogens is 1. The van der Waals surface area contributed by atoms with E-state index in [0.29, 0.717) is 21.2 Å². The van der Waals surface area contributed by atoms with E-state index in [9.17, 15) is 0 Å². The van der Waals surface area contributed by atoms with Gasteiger partial charge in [0.05, 0.1) is 0 Å². The van der Waals surface area contributed by atoms with Crippen molar-refractivity contribution in [3.05, 3.63) is 0 Å². The molecule has 1 saturated heterocycles. The van der Waals surface area contributed by atoms with Crippen LogP contribution in [0.15, 0.2) is 0 Å². The van der Waals surface area contributed by atoms with Crippen LogP contribution in [0.3, 0.4) is 0 Å². The fourth-order valence-corrected chi connectivity index (χ4v) is 3.29. The topological polar surface area (TPSA) is 9.23 Å². The van der Waals surface area contributed by atoms with Crippen LogP contribution in [0.5, 0.6) is 0 Å². The molecule has 1 nitrogen and oxygen atoms in total. The molecule has 0 aromatic heterocycles. The standard InChI is InChI=1S/C6H12IO/c1-2-7-6-3-4-8-5-6/h6H,2-5H2,1H3/q-1/t6-/m1/s1. The zero-order valence-corrected chi connectivity index (χ0v) is 7.35. The molecular weight excluding hydrogens is 215 g/mol. The summed E-state index contributed by atoms with van der Waals surface area (Å²) < 4.78 is 7.66. The third-order valence-electron chi connectivity index (χ3n) is 1.25. The summed E-state index contributed by atoms with van der Waals surface area (Å²) in [5.41, 5.74) is 0. The van der Waals surface area contributed by atoms with Gasteiger partial charge in [0.2, 0.25) is 0 Å². The second-order valence-corrected chi connectivity index (χ2v) is 6.05. The van der Waals surface area contributed by atoms with E-state index in [4.69, 9.17) is 4.74 Å². The van der Waals surface area contributed by atoms with Crippen molar-refractivity contribution >= 4 is 0 Å². The molecule has 1 aliphatic heterocycles. The third kappa shape index (κ3) is 1.90. The first-order valence-electron chi connectivity index (χ1n) is 3.09. The predicted octanol–water partition coefficient (Wildman–Crippen LogP) is -2.12. The minimum atomic E-state index is 0.499. The SMILES string of the molecule is CC[I-][C@@H]1CCOC1. The molecule has 1 aliphatic rings. The van der Waals surface area contributed by atoms with E-state index < -0.39 is 0 Å². The van der Waals surface area contributed by atoms with Crippen LogP contribution < -0.4 is 21.2 Å². The van der Waals surface area contributed by atoms with Gasteiger partial charge in [-0.05, 0) is 0 Å². The predicted molar refractivity (Wildman–Crippen MR) is 29.8 cm³/mol. The van der Waals surface area contributed by atoms with Gasteiger partial charge >= 0.3 is 60.9 Å². The molecule has 0 unspecified atom stereocenters. The van der Waals surface area contributed by atoms with Gasteiger partial charge in [-0.3, -0.25) is 0 Å². The van der Waals surface area contributed by atoms with Crippen LogP contribution in [-0.4, -0.2) is 21.6 Å². The molecule has 0 amide bonds. The zero-order chi connectivity index (χ0) is 5.82. The van der Waals surface area contributed by atoms with Gasteiger partial charge in [-0.1, -0.05) is 0 Å². The Morgan fingerprint density at radius 2 is 2.62 bits per heavy atom. The minimum absolute atomic E-state index is 0.499. The number of rotatable bonds is 2. The van der Waals surface area contributed by atoms with Crippen molar-refractivity contribution in [2.75, 3.05) is 17.6 Å². The molecule has 2 heteroatoms. The summed E-state index contributed by atoms with van der Waals surface area (Å²) in [4.78, 5) is 0. The van der Waals surface area contributed by atoms with E-state index >= 15 is 0 Å². The van der Waals surface area contributed by atoms with E-state index in [1.54, 1.807) is 0 Å². The number of ether oxygens (including phenoxy) is 1. The Morgan fingerprint density at radius 3 is 3.12 bits per heavy atom. The third-order valence-corrected chi connectivity index (χ3v) is 4.36. The molecule has 0 aromatic rings. The van der Waals surface area contributed by atoms with Crippen molar-refractivity contribution in [1.29, 1.82) is 0 Å². The molecule has 1 heterocycles. The average Bonchev–Trinajstić information content (AvgIpc) is 2.19. The second kappa shape index (κ2) is 3.67. The molecule has 0 aromatic carbocycles. The number of hydrogen-bond donors (Lipinski definition) is 0. The van der Waals surface area contributed by atoms with Crippen molar-refractivity contribution in [3.8, 4) is 0 Å². The van der Waals surface area contributed by atoms with Gasteiger partial charge in [-0.25, -0.2) is 0 Å². The van der Waals surface area contributed by atoms with Crippen LogP contribution >= 0.6 is 0 Å². The number of hydrogen-bond acceptors (Lipinski definition) is 1. The summed E-state index contributed by atoms with van der Waals surface area (Å²) in [5, 5.41) is 0. The van der Waals surface area contributed by atoms with E-state index in [-0.39, 0.29) is 0 Å². The maximum atomic E-state index is 5.24. The molecule has 50 valence electrons. The summed E-state index contributed by atoms with van der Waals surface area (Å²) in [5.74, 6) is 0. The van der Waals surface area contributed by atoms with Crippen molar-refractivity contribution in [2.24, 2.45) is 0 Å². The van der Waals surface area contributed by atoms with Crippen LogP contribution in [0, 0.1) is 0 Å². The van der Waals surface area contributed by atoms with Gasteiger partial charge in [0.1, 0.15) is 0 Å². The van der Waals surface area contributed by atoms with Gasteiger partial charge in [0.25, 0.3) is 0 Å². The van der Waals surface area contributed by atoms with E-state index in [0.717, 1.165) is 17.1 Å². The molecule has 0 bridgehead atoms. The fraction of sp³-hybridized carbons (Fsp3) is 1.00. The molecular formula is C6H12IO-. The molecule has 8 heavy (non-hydrogen) atoms. The molecule has 1 atom stereocenters. The first-order valence-corrected chi connectivity index (χ1v) is 5.86. The van der Waals surface area contributed by atoms with Crippen molar-refractivity contribution < 1.29 is 25.9 Å². The molecule has 1 rings (SSSR count). The van der Waals surface area contributed by atoms with E-state index in [1.807, 2.05) is 0 Å². The Labute approximate surface area is 61.1 Å². The van der Waals surface area contributed by atoms with Crippen molar-refractivity contribution in [3.63, 3.8) is 0 Å². The average molecular weight is 227 g/mol. The monoisotopic (exact) mass is 227 g/mol. The first kappa shape index (κ1) is 6.81. The van der Waals surface area contributed by atoms with Gasteiger partial charge in [0.15, 0.2) is 0 Å². The van der Waals surface area contributed by atoms with Crippen molar-refractivity contribution in [2.45, 2.75) is 17.3 Å². The van der Waals surface area contributed by atoms with Gasteiger partial charge in [-0.2, -0.15) is 0 Å². The molecule has 0 radical (unpaired) electrons. The Kier molecular flexibility index (Phi) is 3.12. The Bertz CT molecular complexity index is 59.5. The molecule has 0 saturated carbocycles. The van der Waals surface area contributed by atoms with Crippen LogP contribution in [-0.2, 0) is 4.74 Å². The summed E-state index contributed by atoms with van der Waals surface area (Å²) in [6.45, 7) is 4.39. The van der Waals surface area contributed by atoms with Crippen LogP contribution in [0.25, 0.3) is 0 Å². The second-order valence-electron chi connectivity index (χ2n) is 1.88. The molecule has 0 spiro atoms. The quantitative estimate of drug-likeness (QED) is 0.387. The van der Waals surface area contributed by atoms with Crippen LogP contribution in [0.2, 0.25) is 0 Å². The molecule has 1 fully saturated rings. The van der Waals surface area contributed by atoms with E-state index in [2.05, 4.69) is 6.92 Å². The summed E-state index contributed by atoms with van der Waals surface area (Å²) in [6.07, 6.45) is 1.35. The van der Waals surface area contributed by atoms with Crippen molar-refractivity contribution in [1.82, 2.24) is 0 Å². The first-order chi connectivity index (χ1) is 3.93. The normalized spacial score (nSPS) is 29.4. The van der Waals surface area contributed by atoms with Gasteiger partial charge < -0.3 is 0 Å². The van der Waals surface area contributed by atoms with Gasteiger partial charge in [-0.15, -0.1) is 0 Å². The summed E-state index contributed by atoms with van der Waals surface area (Å²) in [6, 6.07) is 0. The Hall–Kier alpha value is 0.690.